The number of rotatable bonds is 9. The summed E-state index contributed by atoms with van der Waals surface area (Å²) in [6, 6.07) is 17.2. The van der Waals surface area contributed by atoms with Crippen molar-refractivity contribution in [3.05, 3.63) is 59.7 Å². The highest BCUT2D eigenvalue weighted by Gasteiger charge is 2.21. The second-order valence-corrected chi connectivity index (χ2v) is 7.01. The van der Waals surface area contributed by atoms with Crippen LogP contribution in [0.1, 0.15) is 11.1 Å². The van der Waals surface area contributed by atoms with Crippen molar-refractivity contribution < 1.29 is 19.1 Å². The molecule has 0 aliphatic heterocycles. The minimum atomic E-state index is -0.604. The van der Waals surface area contributed by atoms with Gasteiger partial charge in [-0.15, -0.1) is 12.4 Å². The van der Waals surface area contributed by atoms with Crippen LogP contribution < -0.4 is 9.47 Å². The number of benzene rings is 2. The zero-order valence-electron chi connectivity index (χ0n) is 16.1. The summed E-state index contributed by atoms with van der Waals surface area (Å²) >= 11 is 0. The smallest absolute Gasteiger partial charge is 0.137 e. The van der Waals surface area contributed by atoms with Gasteiger partial charge in [-0.25, -0.2) is 0 Å². The number of para-hydroxylation sites is 1. The Labute approximate surface area is 167 Å². The Morgan fingerprint density at radius 3 is 2.41 bits per heavy atom. The average molecular weight is 392 g/mol. The van der Waals surface area contributed by atoms with Crippen molar-refractivity contribution in [2.45, 2.75) is 12.5 Å². The monoisotopic (exact) mass is 391 g/mol. The van der Waals surface area contributed by atoms with Crippen molar-refractivity contribution in [3.8, 4) is 17.6 Å². The highest BCUT2D eigenvalue weighted by atomic mass is 35.5. The lowest BCUT2D eigenvalue weighted by Crippen LogP contribution is -2.48. The molecule has 0 spiro atoms. The summed E-state index contributed by atoms with van der Waals surface area (Å²) in [5, 5.41) is 19.4. The fourth-order valence-corrected chi connectivity index (χ4v) is 2.81. The number of nitriles is 1. The first kappa shape index (κ1) is 22.8. The molecule has 146 valence electrons. The van der Waals surface area contributed by atoms with Gasteiger partial charge in [-0.1, -0.05) is 24.3 Å². The molecular weight excluding hydrogens is 364 g/mol. The van der Waals surface area contributed by atoms with Gasteiger partial charge < -0.3 is 19.1 Å². The summed E-state index contributed by atoms with van der Waals surface area (Å²) in [5.74, 6) is 1.37. The predicted molar refractivity (Wildman–Crippen MR) is 108 cm³/mol. The van der Waals surface area contributed by atoms with Gasteiger partial charge in [0.25, 0.3) is 0 Å². The molecule has 2 aromatic carbocycles. The number of aliphatic hydroxyl groups is 1. The maximum Gasteiger partial charge on any atom is 0.137 e. The van der Waals surface area contributed by atoms with Crippen LogP contribution in [-0.4, -0.2) is 56.6 Å². The second kappa shape index (κ2) is 10.8. The van der Waals surface area contributed by atoms with E-state index in [0.29, 0.717) is 22.3 Å². The second-order valence-electron chi connectivity index (χ2n) is 7.01. The summed E-state index contributed by atoms with van der Waals surface area (Å²) in [7, 11) is 5.85. The molecule has 0 saturated carbocycles. The molecule has 0 aliphatic carbocycles. The largest absolute Gasteiger partial charge is 0.497 e. The van der Waals surface area contributed by atoms with Crippen molar-refractivity contribution >= 4 is 12.4 Å². The highest BCUT2D eigenvalue weighted by molar-refractivity contribution is 5.85. The van der Waals surface area contributed by atoms with Crippen LogP contribution in [0.2, 0.25) is 0 Å². The summed E-state index contributed by atoms with van der Waals surface area (Å²) in [5.41, 5.74) is 1.72. The van der Waals surface area contributed by atoms with Gasteiger partial charge in [0, 0.05) is 6.42 Å². The minimum absolute atomic E-state index is 0. The van der Waals surface area contributed by atoms with Crippen molar-refractivity contribution in [1.29, 1.82) is 5.26 Å². The first-order valence-corrected chi connectivity index (χ1v) is 8.68. The van der Waals surface area contributed by atoms with E-state index in [1.54, 1.807) is 25.3 Å². The lowest BCUT2D eigenvalue weighted by molar-refractivity contribution is -0.893. The van der Waals surface area contributed by atoms with E-state index in [2.05, 4.69) is 32.3 Å². The van der Waals surface area contributed by atoms with E-state index in [1.165, 1.54) is 5.56 Å². The summed E-state index contributed by atoms with van der Waals surface area (Å²) in [4.78, 5) is 0. The molecule has 5 nitrogen and oxygen atoms in total. The number of nitrogens with zero attached hydrogens (tertiary/aromatic N) is 2. The first-order chi connectivity index (χ1) is 12.4. The molecular formula is C21H28ClN2O3+. The molecule has 1 N–H and O–H groups in total. The van der Waals surface area contributed by atoms with Crippen LogP contribution in [-0.2, 0) is 6.42 Å². The molecule has 2 aromatic rings. The van der Waals surface area contributed by atoms with E-state index in [-0.39, 0.29) is 19.0 Å². The third-order valence-corrected chi connectivity index (χ3v) is 4.31. The van der Waals surface area contributed by atoms with Gasteiger partial charge in [0.2, 0.25) is 0 Å². The molecule has 0 radical (unpaired) electrons. The van der Waals surface area contributed by atoms with Crippen molar-refractivity contribution in [3.63, 3.8) is 0 Å². The van der Waals surface area contributed by atoms with Gasteiger partial charge >= 0.3 is 0 Å². The van der Waals surface area contributed by atoms with Crippen LogP contribution in [0.4, 0.5) is 0 Å². The Balaban J connectivity index is 0.00000364. The number of ether oxygens (including phenoxy) is 2. The molecule has 0 fully saturated rings. The van der Waals surface area contributed by atoms with E-state index in [0.717, 1.165) is 18.7 Å². The number of hydrogen-bond acceptors (Lipinski definition) is 4. The molecule has 0 bridgehead atoms. The fourth-order valence-electron chi connectivity index (χ4n) is 2.81. The molecule has 1 unspecified atom stereocenters. The Kier molecular flexibility index (Phi) is 9.10. The number of quaternary nitrogens is 1. The Hall–Kier alpha value is -2.26. The Morgan fingerprint density at radius 1 is 1.11 bits per heavy atom. The molecule has 0 aliphatic rings. The van der Waals surface area contributed by atoms with Crippen molar-refractivity contribution in [1.82, 2.24) is 0 Å². The Bertz CT molecular complexity index is 742. The van der Waals surface area contributed by atoms with Gasteiger partial charge in [0.05, 0.1) is 33.3 Å². The van der Waals surface area contributed by atoms with Crippen LogP contribution >= 0.6 is 12.4 Å². The number of methoxy groups -OCH3 is 1. The minimum Gasteiger partial charge on any atom is -0.497 e. The number of hydrogen-bond donors (Lipinski definition) is 1. The third kappa shape index (κ3) is 7.48. The molecule has 6 heteroatoms. The molecule has 0 heterocycles. The summed E-state index contributed by atoms with van der Waals surface area (Å²) in [6.45, 7) is 1.64. The fraction of sp³-hybridized carbons (Fsp3) is 0.381. The van der Waals surface area contributed by atoms with Gasteiger partial charge in [0.1, 0.15) is 36.8 Å². The molecule has 0 saturated heterocycles. The van der Waals surface area contributed by atoms with E-state index < -0.39 is 6.10 Å². The topological polar surface area (TPSA) is 62.5 Å². The third-order valence-electron chi connectivity index (χ3n) is 4.31. The zero-order valence-corrected chi connectivity index (χ0v) is 16.9. The SMILES string of the molecule is COc1ccc(CC[N+](C)(C)CC(O)COc2ccccc2C#N)cc1.Cl. The normalized spacial score (nSPS) is 11.8. The maximum atomic E-state index is 10.3. The van der Waals surface area contributed by atoms with E-state index in [9.17, 15) is 5.11 Å². The molecule has 2 rings (SSSR count). The van der Waals surface area contributed by atoms with Crippen LogP contribution in [0.25, 0.3) is 0 Å². The van der Waals surface area contributed by atoms with Gasteiger partial charge in [-0.3, -0.25) is 0 Å². The maximum absolute atomic E-state index is 10.3. The van der Waals surface area contributed by atoms with Crippen LogP contribution in [0, 0.1) is 11.3 Å². The molecule has 0 amide bonds. The predicted octanol–water partition coefficient (Wildman–Crippen LogP) is 3.05. The zero-order chi connectivity index (χ0) is 19.0. The lowest BCUT2D eigenvalue weighted by Gasteiger charge is -2.32. The number of aliphatic hydroxyl groups excluding tert-OH is 1. The van der Waals surface area contributed by atoms with E-state index >= 15 is 0 Å². The Morgan fingerprint density at radius 2 is 1.78 bits per heavy atom. The molecule has 0 aromatic heterocycles. The van der Waals surface area contributed by atoms with E-state index in [4.69, 9.17) is 14.7 Å². The summed E-state index contributed by atoms with van der Waals surface area (Å²) in [6.07, 6.45) is 0.314. The standard InChI is InChI=1S/C21H27N2O3.ClH/c1-23(2,13-12-17-8-10-20(25-3)11-9-17)15-19(24)16-26-21-7-5-4-6-18(21)14-22;/h4-11,19,24H,12-13,15-16H2,1-3H3;1H/q+1;. The van der Waals surface area contributed by atoms with Crippen LogP contribution in [0.3, 0.4) is 0 Å². The quantitative estimate of drug-likeness (QED) is 0.667. The van der Waals surface area contributed by atoms with Crippen molar-refractivity contribution in [2.24, 2.45) is 0 Å². The van der Waals surface area contributed by atoms with Gasteiger partial charge in [-0.05, 0) is 29.8 Å². The van der Waals surface area contributed by atoms with Gasteiger partial charge in [-0.2, -0.15) is 5.26 Å². The molecule has 1 atom stereocenters. The van der Waals surface area contributed by atoms with E-state index in [1.807, 2.05) is 18.2 Å². The number of likely N-dealkylation sites (N-methyl/N-ethyl adjacent to an activating group) is 1. The first-order valence-electron chi connectivity index (χ1n) is 8.68. The van der Waals surface area contributed by atoms with Gasteiger partial charge in [0.15, 0.2) is 0 Å². The molecule has 27 heavy (non-hydrogen) atoms. The highest BCUT2D eigenvalue weighted by Crippen LogP contribution is 2.17. The van der Waals surface area contributed by atoms with Crippen LogP contribution in [0.5, 0.6) is 11.5 Å². The number of halogens is 1. The lowest BCUT2D eigenvalue weighted by atomic mass is 10.1. The van der Waals surface area contributed by atoms with Crippen LogP contribution in [0.15, 0.2) is 48.5 Å². The summed E-state index contributed by atoms with van der Waals surface area (Å²) < 4.78 is 11.5. The van der Waals surface area contributed by atoms with Crippen molar-refractivity contribution in [2.75, 3.05) is 40.9 Å². The average Bonchev–Trinajstić information content (AvgIpc) is 2.65.